The number of nitrogens with zero attached hydrogens (tertiary/aromatic N) is 1. The molecule has 1 atom stereocenters. The minimum Gasteiger partial charge on any atom is -0.493 e. The molecule has 4 rings (SSSR count). The van der Waals surface area contributed by atoms with Gasteiger partial charge in [0.2, 0.25) is 10.0 Å². The van der Waals surface area contributed by atoms with Crippen LogP contribution in [-0.4, -0.2) is 51.5 Å². The van der Waals surface area contributed by atoms with E-state index in [0.717, 1.165) is 15.8 Å². The van der Waals surface area contributed by atoms with Crippen LogP contribution in [-0.2, 0) is 14.8 Å². The highest BCUT2D eigenvalue weighted by molar-refractivity contribution is 9.10. The molecule has 1 saturated heterocycles. The molecule has 9 heteroatoms. The van der Waals surface area contributed by atoms with Crippen molar-refractivity contribution in [2.24, 2.45) is 0 Å². The molecule has 0 bridgehead atoms. The molecule has 0 aromatic heterocycles. The molecular weight excluding hydrogens is 460 g/mol. The first-order valence-electron chi connectivity index (χ1n) is 9.37. The van der Waals surface area contributed by atoms with E-state index in [1.807, 2.05) is 18.2 Å². The minimum atomic E-state index is -3.79. The molecule has 0 spiro atoms. The average Bonchev–Trinajstić information content (AvgIpc) is 2.75. The van der Waals surface area contributed by atoms with Crippen molar-refractivity contribution >= 4 is 31.9 Å². The first-order chi connectivity index (χ1) is 14.0. The fraction of sp³-hybridized carbons (Fsp3) is 0.350. The van der Waals surface area contributed by atoms with Crippen molar-refractivity contribution in [1.29, 1.82) is 0 Å². The largest absolute Gasteiger partial charge is 0.493 e. The fourth-order valence-electron chi connectivity index (χ4n) is 3.56. The highest BCUT2D eigenvalue weighted by Gasteiger charge is 2.31. The molecule has 2 aromatic carbocycles. The van der Waals surface area contributed by atoms with Crippen LogP contribution in [0.4, 0.5) is 0 Å². The Labute approximate surface area is 178 Å². The number of sulfonamides is 1. The summed E-state index contributed by atoms with van der Waals surface area (Å²) in [7, 11) is -3.79. The number of hydrogen-bond donors (Lipinski definition) is 1. The summed E-state index contributed by atoms with van der Waals surface area (Å²) < 4.78 is 39.4. The molecule has 7 nitrogen and oxygen atoms in total. The zero-order chi connectivity index (χ0) is 20.4. The van der Waals surface area contributed by atoms with Gasteiger partial charge in [-0.2, -0.15) is 4.31 Å². The normalized spacial score (nSPS) is 19.8. The van der Waals surface area contributed by atoms with E-state index < -0.39 is 15.9 Å². The van der Waals surface area contributed by atoms with Crippen molar-refractivity contribution in [2.45, 2.75) is 17.4 Å². The average molecular weight is 481 g/mol. The van der Waals surface area contributed by atoms with Crippen LogP contribution >= 0.6 is 15.9 Å². The quantitative estimate of drug-likeness (QED) is 0.726. The van der Waals surface area contributed by atoms with Crippen LogP contribution in [0.2, 0.25) is 0 Å². The summed E-state index contributed by atoms with van der Waals surface area (Å²) in [6, 6.07) is 11.7. The smallest absolute Gasteiger partial charge is 0.253 e. The van der Waals surface area contributed by atoms with Crippen LogP contribution in [0.25, 0.3) is 0 Å². The molecule has 0 aliphatic carbocycles. The number of carbonyl (C=O) groups is 1. The molecule has 154 valence electrons. The van der Waals surface area contributed by atoms with Crippen LogP contribution in [0.1, 0.15) is 28.4 Å². The lowest BCUT2D eigenvalue weighted by Gasteiger charge is -2.28. The van der Waals surface area contributed by atoms with Crippen molar-refractivity contribution in [3.63, 3.8) is 0 Å². The summed E-state index contributed by atoms with van der Waals surface area (Å²) in [5.74, 6) is 0.300. The van der Waals surface area contributed by atoms with E-state index in [0.29, 0.717) is 26.2 Å². The van der Waals surface area contributed by atoms with Crippen molar-refractivity contribution in [2.75, 3.05) is 32.9 Å². The molecule has 29 heavy (non-hydrogen) atoms. The van der Waals surface area contributed by atoms with Crippen LogP contribution in [0.15, 0.2) is 51.8 Å². The summed E-state index contributed by atoms with van der Waals surface area (Å²) in [6.07, 6.45) is 0.605. The third-order valence-electron chi connectivity index (χ3n) is 5.04. The lowest BCUT2D eigenvalue weighted by molar-refractivity contribution is 0.0729. The van der Waals surface area contributed by atoms with E-state index in [1.54, 1.807) is 18.2 Å². The Morgan fingerprint density at radius 2 is 1.86 bits per heavy atom. The van der Waals surface area contributed by atoms with Crippen molar-refractivity contribution in [3.8, 4) is 5.75 Å². The summed E-state index contributed by atoms with van der Waals surface area (Å²) in [5, 5.41) is 2.99. The third-order valence-corrected chi connectivity index (χ3v) is 7.49. The number of fused-ring (bicyclic) bond motifs is 1. The number of halogens is 1. The Morgan fingerprint density at radius 1 is 1.10 bits per heavy atom. The molecule has 1 fully saturated rings. The zero-order valence-corrected chi connectivity index (χ0v) is 18.0. The van der Waals surface area contributed by atoms with Crippen molar-refractivity contribution in [1.82, 2.24) is 9.62 Å². The van der Waals surface area contributed by atoms with Gasteiger partial charge in [0.05, 0.1) is 36.3 Å². The van der Waals surface area contributed by atoms with Gasteiger partial charge < -0.3 is 14.8 Å². The monoisotopic (exact) mass is 480 g/mol. The summed E-state index contributed by atoms with van der Waals surface area (Å²) >= 11 is 3.45. The summed E-state index contributed by atoms with van der Waals surface area (Å²) in [6.45, 7) is 1.73. The second-order valence-corrected chi connectivity index (χ2v) is 9.68. The molecule has 1 N–H and O–H groups in total. The van der Waals surface area contributed by atoms with Gasteiger partial charge in [0, 0.05) is 29.5 Å². The predicted molar refractivity (Wildman–Crippen MR) is 110 cm³/mol. The third kappa shape index (κ3) is 4.18. The highest BCUT2D eigenvalue weighted by Crippen LogP contribution is 2.34. The van der Waals surface area contributed by atoms with Gasteiger partial charge in [0.1, 0.15) is 5.75 Å². The maximum absolute atomic E-state index is 13.1. The number of rotatable bonds is 4. The van der Waals surface area contributed by atoms with E-state index in [9.17, 15) is 13.2 Å². The second kappa shape index (κ2) is 8.43. The molecule has 1 amide bonds. The number of hydrogen-bond acceptors (Lipinski definition) is 5. The number of amides is 1. The van der Waals surface area contributed by atoms with Crippen LogP contribution in [0.3, 0.4) is 0 Å². The molecule has 2 aliphatic heterocycles. The lowest BCUT2D eigenvalue weighted by Crippen LogP contribution is -2.41. The number of ether oxygens (including phenoxy) is 2. The van der Waals surface area contributed by atoms with Gasteiger partial charge in [0.25, 0.3) is 5.91 Å². The summed E-state index contributed by atoms with van der Waals surface area (Å²) in [5.41, 5.74) is 1.01. The van der Waals surface area contributed by atoms with Gasteiger partial charge in [-0.25, -0.2) is 8.42 Å². The van der Waals surface area contributed by atoms with E-state index in [-0.39, 0.29) is 29.6 Å². The van der Waals surface area contributed by atoms with Gasteiger partial charge >= 0.3 is 0 Å². The Morgan fingerprint density at radius 3 is 2.66 bits per heavy atom. The number of benzene rings is 2. The number of carbonyl (C=O) groups excluding carboxylic acids is 1. The van der Waals surface area contributed by atoms with E-state index in [1.165, 1.54) is 10.4 Å². The zero-order valence-electron chi connectivity index (χ0n) is 15.6. The second-order valence-electron chi connectivity index (χ2n) is 6.86. The van der Waals surface area contributed by atoms with E-state index >= 15 is 0 Å². The van der Waals surface area contributed by atoms with Crippen LogP contribution < -0.4 is 10.1 Å². The van der Waals surface area contributed by atoms with Crippen molar-refractivity contribution < 1.29 is 22.7 Å². The number of morpholine rings is 1. The van der Waals surface area contributed by atoms with E-state index in [2.05, 4.69) is 21.2 Å². The molecule has 1 unspecified atom stereocenters. The Kier molecular flexibility index (Phi) is 5.91. The minimum absolute atomic E-state index is 0.0147. The van der Waals surface area contributed by atoms with Crippen molar-refractivity contribution in [3.05, 3.63) is 58.1 Å². The highest BCUT2D eigenvalue weighted by atomic mass is 79.9. The maximum Gasteiger partial charge on any atom is 0.253 e. The molecular formula is C20H21BrN2O5S. The topological polar surface area (TPSA) is 84.9 Å². The molecule has 0 radical (unpaired) electrons. The van der Waals surface area contributed by atoms with E-state index in [4.69, 9.17) is 9.47 Å². The Bertz CT molecular complexity index is 1020. The SMILES string of the molecule is O=C(NC1CCOc2ccc(Br)cc21)c1ccccc1S(=O)(=O)N1CCOCC1. The molecule has 0 saturated carbocycles. The maximum atomic E-state index is 13.1. The first kappa shape index (κ1) is 20.3. The standard InChI is InChI=1S/C20H21BrN2O5S/c21-14-5-6-18-16(13-14)17(7-10-28-18)22-20(24)15-3-1-2-4-19(15)29(25,26)23-8-11-27-12-9-23/h1-6,13,17H,7-12H2,(H,22,24). The molecule has 2 aliphatic rings. The lowest BCUT2D eigenvalue weighted by atomic mass is 10.00. The molecule has 2 aromatic rings. The van der Waals surface area contributed by atoms with Crippen LogP contribution in [0.5, 0.6) is 5.75 Å². The molecule has 2 heterocycles. The van der Waals surface area contributed by atoms with Gasteiger partial charge in [-0.05, 0) is 30.3 Å². The van der Waals surface area contributed by atoms with Crippen LogP contribution in [0, 0.1) is 0 Å². The Balaban J connectivity index is 1.62. The van der Waals surface area contributed by atoms with Gasteiger partial charge in [-0.1, -0.05) is 28.1 Å². The first-order valence-corrected chi connectivity index (χ1v) is 11.6. The summed E-state index contributed by atoms with van der Waals surface area (Å²) in [4.78, 5) is 13.1. The van der Waals surface area contributed by atoms with Gasteiger partial charge in [0.15, 0.2) is 0 Å². The van der Waals surface area contributed by atoms with Gasteiger partial charge in [-0.3, -0.25) is 4.79 Å². The predicted octanol–water partition coefficient (Wildman–Crippen LogP) is 2.72. The fourth-order valence-corrected chi connectivity index (χ4v) is 5.53. The van der Waals surface area contributed by atoms with Gasteiger partial charge in [-0.15, -0.1) is 0 Å². The Hall–Kier alpha value is -1.94. The number of nitrogens with one attached hydrogen (secondary N) is 1.